The van der Waals surface area contributed by atoms with Gasteiger partial charge in [0.2, 0.25) is 0 Å². The fourth-order valence-corrected chi connectivity index (χ4v) is 2.14. The van der Waals surface area contributed by atoms with E-state index in [2.05, 4.69) is 55.3 Å². The van der Waals surface area contributed by atoms with Gasteiger partial charge in [-0.1, -0.05) is 32.0 Å². The third-order valence-electron chi connectivity index (χ3n) is 2.95. The Balaban J connectivity index is 2.19. The van der Waals surface area contributed by atoms with Crippen LogP contribution in [0, 0.1) is 6.92 Å². The average molecular weight is 216 g/mol. The molecule has 2 aromatic rings. The molecule has 86 valence electrons. The first-order valence-electron chi connectivity index (χ1n) is 5.98. The van der Waals surface area contributed by atoms with Crippen LogP contribution in [0.2, 0.25) is 0 Å². The number of hydrogen-bond acceptors (Lipinski definition) is 1. The lowest BCUT2D eigenvalue weighted by molar-refractivity contribution is 0.590. The van der Waals surface area contributed by atoms with Gasteiger partial charge in [0, 0.05) is 22.6 Å². The van der Waals surface area contributed by atoms with Crippen LogP contribution in [0.1, 0.15) is 25.1 Å². The molecule has 0 radical (unpaired) electrons. The largest absolute Gasteiger partial charge is 0.358 e. The summed E-state index contributed by atoms with van der Waals surface area (Å²) < 4.78 is 0. The van der Waals surface area contributed by atoms with Crippen molar-refractivity contribution in [3.8, 4) is 0 Å². The van der Waals surface area contributed by atoms with Gasteiger partial charge in [-0.15, -0.1) is 0 Å². The van der Waals surface area contributed by atoms with Crippen molar-refractivity contribution >= 4 is 10.9 Å². The van der Waals surface area contributed by atoms with Crippen LogP contribution in [0.5, 0.6) is 0 Å². The van der Waals surface area contributed by atoms with Gasteiger partial charge in [-0.05, 0) is 31.5 Å². The van der Waals surface area contributed by atoms with Crippen LogP contribution >= 0.6 is 0 Å². The van der Waals surface area contributed by atoms with E-state index in [0.29, 0.717) is 6.04 Å². The molecule has 0 spiro atoms. The summed E-state index contributed by atoms with van der Waals surface area (Å²) in [5, 5.41) is 4.83. The highest BCUT2D eigenvalue weighted by Crippen LogP contribution is 2.21. The maximum atomic E-state index is 3.46. The maximum absolute atomic E-state index is 3.46. The maximum Gasteiger partial charge on any atom is 0.0458 e. The van der Waals surface area contributed by atoms with Crippen LogP contribution in [-0.4, -0.2) is 17.6 Å². The Labute approximate surface area is 97.1 Å². The zero-order valence-electron chi connectivity index (χ0n) is 10.3. The highest BCUT2D eigenvalue weighted by atomic mass is 14.9. The van der Waals surface area contributed by atoms with Gasteiger partial charge < -0.3 is 10.3 Å². The Morgan fingerprint density at radius 3 is 2.75 bits per heavy atom. The van der Waals surface area contributed by atoms with Crippen molar-refractivity contribution in [3.63, 3.8) is 0 Å². The molecule has 0 amide bonds. The lowest BCUT2D eigenvalue weighted by atomic mass is 10.1. The molecule has 0 fully saturated rings. The number of rotatable bonds is 4. The van der Waals surface area contributed by atoms with E-state index in [1.165, 1.54) is 22.2 Å². The fraction of sp³-hybridized carbons (Fsp3) is 0.429. The Kier molecular flexibility index (Phi) is 3.30. The quantitative estimate of drug-likeness (QED) is 0.808. The van der Waals surface area contributed by atoms with Crippen molar-refractivity contribution < 1.29 is 0 Å². The van der Waals surface area contributed by atoms with Gasteiger partial charge in [0.05, 0.1) is 0 Å². The fourth-order valence-electron chi connectivity index (χ4n) is 2.14. The topological polar surface area (TPSA) is 27.8 Å². The standard InChI is InChI=1S/C14H20N2/c1-10(2)15-9-8-12-11(3)16-14-7-5-4-6-13(12)14/h4-7,10,15-16H,8-9H2,1-3H3. The number of hydrogen-bond donors (Lipinski definition) is 2. The van der Waals surface area contributed by atoms with Gasteiger partial charge in [0.15, 0.2) is 0 Å². The molecule has 0 aliphatic rings. The van der Waals surface area contributed by atoms with Crippen molar-refractivity contribution in [2.45, 2.75) is 33.2 Å². The summed E-state index contributed by atoms with van der Waals surface area (Å²) in [6, 6.07) is 9.08. The summed E-state index contributed by atoms with van der Waals surface area (Å²) in [5.41, 5.74) is 4.00. The molecule has 0 saturated carbocycles. The normalized spacial score (nSPS) is 11.5. The zero-order valence-corrected chi connectivity index (χ0v) is 10.3. The van der Waals surface area contributed by atoms with Crippen LogP contribution < -0.4 is 5.32 Å². The van der Waals surface area contributed by atoms with Crippen LogP contribution in [-0.2, 0) is 6.42 Å². The van der Waals surface area contributed by atoms with Gasteiger partial charge in [0.25, 0.3) is 0 Å². The van der Waals surface area contributed by atoms with Crippen molar-refractivity contribution in [1.82, 2.24) is 10.3 Å². The molecule has 2 nitrogen and oxygen atoms in total. The molecule has 0 saturated heterocycles. The SMILES string of the molecule is Cc1[nH]c2ccccc2c1CCNC(C)C. The number of nitrogens with one attached hydrogen (secondary N) is 2. The first-order valence-corrected chi connectivity index (χ1v) is 5.98. The molecule has 2 N–H and O–H groups in total. The molecule has 0 atom stereocenters. The Morgan fingerprint density at radius 2 is 2.00 bits per heavy atom. The monoisotopic (exact) mass is 216 g/mol. The minimum Gasteiger partial charge on any atom is -0.358 e. The minimum absolute atomic E-state index is 0.561. The number of aryl methyl sites for hydroxylation is 1. The molecular formula is C14H20N2. The van der Waals surface area contributed by atoms with Crippen LogP contribution in [0.4, 0.5) is 0 Å². The minimum atomic E-state index is 0.561. The van der Waals surface area contributed by atoms with Crippen molar-refractivity contribution in [3.05, 3.63) is 35.5 Å². The van der Waals surface area contributed by atoms with E-state index in [1.807, 2.05) is 0 Å². The lowest BCUT2D eigenvalue weighted by Gasteiger charge is -2.07. The zero-order chi connectivity index (χ0) is 11.5. The molecule has 2 heteroatoms. The first-order chi connectivity index (χ1) is 7.68. The van der Waals surface area contributed by atoms with Crippen molar-refractivity contribution in [2.24, 2.45) is 0 Å². The van der Waals surface area contributed by atoms with E-state index in [0.717, 1.165) is 13.0 Å². The number of aromatic amines is 1. The summed E-state index contributed by atoms with van der Waals surface area (Å²) in [6.07, 6.45) is 1.09. The molecule has 1 aromatic heterocycles. The number of H-pyrrole nitrogens is 1. The first kappa shape index (κ1) is 11.2. The van der Waals surface area contributed by atoms with E-state index in [9.17, 15) is 0 Å². The molecule has 1 aromatic carbocycles. The Hall–Kier alpha value is -1.28. The van der Waals surface area contributed by atoms with E-state index in [1.54, 1.807) is 0 Å². The smallest absolute Gasteiger partial charge is 0.0458 e. The highest BCUT2D eigenvalue weighted by Gasteiger charge is 2.07. The number of para-hydroxylation sites is 1. The predicted octanol–water partition coefficient (Wildman–Crippen LogP) is 3.02. The molecule has 0 unspecified atom stereocenters. The predicted molar refractivity (Wildman–Crippen MR) is 69.9 cm³/mol. The lowest BCUT2D eigenvalue weighted by Crippen LogP contribution is -2.25. The van der Waals surface area contributed by atoms with E-state index in [-0.39, 0.29) is 0 Å². The molecule has 0 aliphatic heterocycles. The van der Waals surface area contributed by atoms with Gasteiger partial charge >= 0.3 is 0 Å². The van der Waals surface area contributed by atoms with Crippen molar-refractivity contribution in [1.29, 1.82) is 0 Å². The van der Waals surface area contributed by atoms with Crippen LogP contribution in [0.15, 0.2) is 24.3 Å². The van der Waals surface area contributed by atoms with E-state index in [4.69, 9.17) is 0 Å². The van der Waals surface area contributed by atoms with Crippen LogP contribution in [0.25, 0.3) is 10.9 Å². The van der Waals surface area contributed by atoms with E-state index < -0.39 is 0 Å². The average Bonchev–Trinajstić information content (AvgIpc) is 2.55. The second-order valence-electron chi connectivity index (χ2n) is 4.63. The Bertz CT molecular complexity index is 469. The third kappa shape index (κ3) is 2.27. The van der Waals surface area contributed by atoms with E-state index >= 15 is 0 Å². The third-order valence-corrected chi connectivity index (χ3v) is 2.95. The van der Waals surface area contributed by atoms with Gasteiger partial charge in [0.1, 0.15) is 0 Å². The number of aromatic nitrogens is 1. The highest BCUT2D eigenvalue weighted by molar-refractivity contribution is 5.84. The summed E-state index contributed by atoms with van der Waals surface area (Å²) in [4.78, 5) is 3.44. The van der Waals surface area contributed by atoms with Gasteiger partial charge in [-0.25, -0.2) is 0 Å². The molecule has 16 heavy (non-hydrogen) atoms. The van der Waals surface area contributed by atoms with Gasteiger partial charge in [-0.3, -0.25) is 0 Å². The molecule has 0 aliphatic carbocycles. The van der Waals surface area contributed by atoms with Gasteiger partial charge in [-0.2, -0.15) is 0 Å². The Morgan fingerprint density at radius 1 is 1.25 bits per heavy atom. The van der Waals surface area contributed by atoms with Crippen LogP contribution in [0.3, 0.4) is 0 Å². The van der Waals surface area contributed by atoms with Crippen molar-refractivity contribution in [2.75, 3.05) is 6.54 Å². The molecular weight excluding hydrogens is 196 g/mol. The molecule has 2 rings (SSSR count). The molecule has 0 bridgehead atoms. The summed E-state index contributed by atoms with van der Waals surface area (Å²) >= 11 is 0. The summed E-state index contributed by atoms with van der Waals surface area (Å²) in [5.74, 6) is 0. The number of benzene rings is 1. The molecule has 1 heterocycles. The second kappa shape index (κ2) is 4.71. The second-order valence-corrected chi connectivity index (χ2v) is 4.63. The number of fused-ring (bicyclic) bond motifs is 1. The summed E-state index contributed by atoms with van der Waals surface area (Å²) in [7, 11) is 0. The summed E-state index contributed by atoms with van der Waals surface area (Å²) in [6.45, 7) is 7.56.